The maximum absolute atomic E-state index is 11.0. The molecule has 0 aliphatic rings. The Morgan fingerprint density at radius 1 is 1.50 bits per heavy atom. The van der Waals surface area contributed by atoms with Crippen LogP contribution in [-0.2, 0) is 14.5 Å². The van der Waals surface area contributed by atoms with Crippen molar-refractivity contribution in [1.29, 1.82) is 0 Å². The summed E-state index contributed by atoms with van der Waals surface area (Å²) in [6, 6.07) is 0. The molecule has 0 radical (unpaired) electrons. The van der Waals surface area contributed by atoms with E-state index in [2.05, 4.69) is 4.39 Å². The van der Waals surface area contributed by atoms with Crippen LogP contribution in [0.5, 0.6) is 0 Å². The second-order valence-corrected chi connectivity index (χ2v) is 3.33. The Balaban J connectivity index is 0. The van der Waals surface area contributed by atoms with Crippen LogP contribution in [0.3, 0.4) is 0 Å². The second kappa shape index (κ2) is 7.08. The van der Waals surface area contributed by atoms with Gasteiger partial charge < -0.3 is 0 Å². The summed E-state index contributed by atoms with van der Waals surface area (Å²) in [6.45, 7) is 1.81. The average molecular weight is 296 g/mol. The van der Waals surface area contributed by atoms with E-state index in [1.807, 2.05) is 6.92 Å². The van der Waals surface area contributed by atoms with Crippen LogP contribution in [0.25, 0.3) is 0 Å². The topological polar surface area (TPSA) is 43.4 Å². The summed E-state index contributed by atoms with van der Waals surface area (Å²) in [6.07, 6.45) is 1.15. The predicted molar refractivity (Wildman–Crippen MR) is 39.4 cm³/mol. The molecule has 10 heavy (non-hydrogen) atoms. The Bertz CT molecular complexity index is 156. The average Bonchev–Trinajstić information content (AvgIpc) is 1.84. The van der Waals surface area contributed by atoms with Crippen molar-refractivity contribution in [3.63, 3.8) is 0 Å². The predicted octanol–water partition coefficient (Wildman–Crippen LogP) is 0.101. The summed E-state index contributed by atoms with van der Waals surface area (Å²) in [5.41, 5.74) is 0. The van der Waals surface area contributed by atoms with E-state index in [-0.39, 0.29) is 54.6 Å². The molecule has 6 heteroatoms. The van der Waals surface area contributed by atoms with Crippen molar-refractivity contribution in [2.45, 2.75) is 19.8 Å². The summed E-state index contributed by atoms with van der Waals surface area (Å²) in [4.78, 5) is 0. The van der Waals surface area contributed by atoms with Crippen LogP contribution in [0.15, 0.2) is 0 Å². The first-order valence-electron chi connectivity index (χ1n) is 2.65. The third-order valence-electron chi connectivity index (χ3n) is 0.844. The first-order chi connectivity index (χ1) is 4.12. The van der Waals surface area contributed by atoms with Crippen molar-refractivity contribution >= 4 is 59.0 Å². The number of hydrogen-bond acceptors (Lipinski definition) is 3. The van der Waals surface area contributed by atoms with Gasteiger partial charge in [-0.25, -0.2) is 0 Å². The zero-order valence-electron chi connectivity index (χ0n) is 5.13. The summed E-state index contributed by atoms with van der Waals surface area (Å²) in [5, 5.41) is 0. The minimum absolute atomic E-state index is 0. The van der Waals surface area contributed by atoms with Gasteiger partial charge >= 0.3 is 48.9 Å². The summed E-state index contributed by atoms with van der Waals surface area (Å²) < 4.78 is 34.0. The zero-order valence-corrected chi connectivity index (χ0v) is 5.95. The van der Waals surface area contributed by atoms with Crippen molar-refractivity contribution in [3.8, 4) is 0 Å². The molecule has 0 rings (SSSR count). The third kappa shape index (κ3) is 7.52. The molecule has 0 amide bonds. The van der Waals surface area contributed by atoms with Crippen LogP contribution >= 0.6 is 0 Å². The quantitative estimate of drug-likeness (QED) is 0.691. The van der Waals surface area contributed by atoms with Crippen LogP contribution < -0.4 is 0 Å². The van der Waals surface area contributed by atoms with Gasteiger partial charge in [0.05, 0.1) is 5.75 Å². The van der Waals surface area contributed by atoms with E-state index >= 15 is 0 Å². The Labute approximate surface area is 100 Å². The number of rotatable bonds is 4. The summed E-state index contributed by atoms with van der Waals surface area (Å²) >= 11 is 0. The van der Waals surface area contributed by atoms with Gasteiger partial charge in [0, 0.05) is 0 Å². The molecular formula is C4H11BaFO3S. The van der Waals surface area contributed by atoms with Crippen molar-refractivity contribution in [2.24, 2.45) is 0 Å². The van der Waals surface area contributed by atoms with Gasteiger partial charge in [0.25, 0.3) is 10.1 Å². The molecule has 0 aromatic heterocycles. The molecule has 0 aromatic carbocycles. The second-order valence-electron chi connectivity index (χ2n) is 1.68. The molecule has 0 fully saturated rings. The fourth-order valence-electron chi connectivity index (χ4n) is 0.353. The molecule has 0 unspecified atom stereocenters. The fourth-order valence-corrected chi connectivity index (χ4v) is 1.06. The zero-order chi connectivity index (χ0) is 7.33. The molecule has 0 aromatic rings. The monoisotopic (exact) mass is 296 g/mol. The van der Waals surface area contributed by atoms with Gasteiger partial charge in [-0.05, 0) is 10.9 Å². The van der Waals surface area contributed by atoms with E-state index < -0.39 is 10.1 Å². The maximum atomic E-state index is 11.0. The first kappa shape index (κ1) is 14.0. The molecule has 0 aliphatic carbocycles. The van der Waals surface area contributed by atoms with E-state index in [1.54, 1.807) is 0 Å². The van der Waals surface area contributed by atoms with E-state index in [0.29, 0.717) is 12.8 Å². The van der Waals surface area contributed by atoms with Crippen LogP contribution in [0.2, 0.25) is 0 Å². The van der Waals surface area contributed by atoms with Gasteiger partial charge in [-0.2, -0.15) is 8.42 Å². The van der Waals surface area contributed by atoms with E-state index in [1.165, 1.54) is 0 Å². The molecule has 60 valence electrons. The minimum atomic E-state index is -3.85. The van der Waals surface area contributed by atoms with Crippen molar-refractivity contribution in [1.82, 2.24) is 0 Å². The van der Waals surface area contributed by atoms with Crippen LogP contribution in [0, 0.1) is 0 Å². The van der Waals surface area contributed by atoms with Crippen molar-refractivity contribution in [2.75, 3.05) is 5.75 Å². The van der Waals surface area contributed by atoms with E-state index in [9.17, 15) is 12.9 Å². The van der Waals surface area contributed by atoms with E-state index in [0.717, 1.165) is 0 Å². The molecule has 0 saturated heterocycles. The first-order valence-corrected chi connectivity index (χ1v) is 4.23. The number of halogens is 1. The number of unbranched alkanes of at least 4 members (excludes halogenated alkanes) is 1. The van der Waals surface area contributed by atoms with Gasteiger partial charge in [-0.3, -0.25) is 0 Å². The molecule has 3 nitrogen and oxygen atoms in total. The number of hydrogen-bond donors (Lipinski definition) is 0. The van der Waals surface area contributed by atoms with Crippen molar-refractivity contribution < 1.29 is 17.3 Å². The molecule has 0 spiro atoms. The van der Waals surface area contributed by atoms with Crippen LogP contribution in [0.4, 0.5) is 4.53 Å². The van der Waals surface area contributed by atoms with E-state index in [4.69, 9.17) is 0 Å². The van der Waals surface area contributed by atoms with Crippen molar-refractivity contribution in [3.05, 3.63) is 0 Å². The standard InChI is InChI=1S/C4H9FO3S.Ba.2H/c1-2-3-4-9(6,7)8-5;;;/h2-4H2,1H3;;;. The molecule has 0 N–H and O–H groups in total. The SMILES string of the molecule is CCCCS(=O)(=O)OF.[BaH2]. The van der Waals surface area contributed by atoms with Gasteiger partial charge in [0.1, 0.15) is 0 Å². The van der Waals surface area contributed by atoms with Gasteiger partial charge in [-0.15, -0.1) is 0 Å². The fraction of sp³-hybridized carbons (Fsp3) is 1.00. The Morgan fingerprint density at radius 2 is 2.00 bits per heavy atom. The van der Waals surface area contributed by atoms with Gasteiger partial charge in [-0.1, -0.05) is 17.7 Å². The van der Waals surface area contributed by atoms with Crippen LogP contribution in [0.1, 0.15) is 19.8 Å². The summed E-state index contributed by atoms with van der Waals surface area (Å²) in [5.74, 6) is -0.236. The van der Waals surface area contributed by atoms with Gasteiger partial charge in [0.15, 0.2) is 0 Å². The summed E-state index contributed by atoms with van der Waals surface area (Å²) in [7, 11) is -3.85. The molecule has 0 heterocycles. The molecule has 0 atom stereocenters. The molecule has 0 bridgehead atoms. The molecule has 0 aliphatic heterocycles. The Kier molecular flexibility index (Phi) is 9.89. The molecular weight excluding hydrogens is 284 g/mol. The Morgan fingerprint density at radius 3 is 2.30 bits per heavy atom. The molecule has 0 saturated carbocycles. The van der Waals surface area contributed by atoms with Gasteiger partial charge in [0.2, 0.25) is 0 Å². The normalized spacial score (nSPS) is 10.6. The Hall–Kier alpha value is 1.41. The third-order valence-corrected chi connectivity index (χ3v) is 1.82. The van der Waals surface area contributed by atoms with Crippen LogP contribution in [-0.4, -0.2) is 63.1 Å².